The van der Waals surface area contributed by atoms with Crippen LogP contribution in [0.3, 0.4) is 0 Å². The van der Waals surface area contributed by atoms with Crippen molar-refractivity contribution in [2.75, 3.05) is 18.5 Å². The van der Waals surface area contributed by atoms with Gasteiger partial charge in [-0.1, -0.05) is 19.1 Å². The first-order valence-corrected chi connectivity index (χ1v) is 6.64. The summed E-state index contributed by atoms with van der Waals surface area (Å²) in [6.07, 6.45) is 3.79. The van der Waals surface area contributed by atoms with Gasteiger partial charge in [-0.2, -0.15) is 0 Å². The van der Waals surface area contributed by atoms with E-state index in [9.17, 15) is 0 Å². The van der Waals surface area contributed by atoms with Gasteiger partial charge in [-0.3, -0.25) is 0 Å². The number of nitrogens with zero attached hydrogens (tertiary/aromatic N) is 1. The van der Waals surface area contributed by atoms with Crippen LogP contribution in [0.1, 0.15) is 31.7 Å². The fourth-order valence-electron chi connectivity index (χ4n) is 2.96. The second-order valence-corrected chi connectivity index (χ2v) is 5.33. The van der Waals surface area contributed by atoms with Crippen molar-refractivity contribution in [1.82, 2.24) is 0 Å². The molecule has 94 valence electrons. The van der Waals surface area contributed by atoms with Gasteiger partial charge in [0.1, 0.15) is 0 Å². The molecule has 0 amide bonds. The maximum atomic E-state index is 6.09. The molecule has 1 atom stereocenters. The zero-order valence-electron chi connectivity index (χ0n) is 11.2. The lowest BCUT2D eigenvalue weighted by Crippen LogP contribution is -2.54. The average molecular weight is 232 g/mol. The average Bonchev–Trinajstić information content (AvgIpc) is 3.16. The van der Waals surface area contributed by atoms with Crippen LogP contribution in [0.15, 0.2) is 24.3 Å². The third-order valence-corrected chi connectivity index (χ3v) is 4.36. The smallest absolute Gasteiger partial charge is 0.0546 e. The van der Waals surface area contributed by atoms with Crippen LogP contribution in [-0.2, 0) is 0 Å². The Balaban J connectivity index is 2.30. The van der Waals surface area contributed by atoms with Gasteiger partial charge in [-0.05, 0) is 49.8 Å². The highest BCUT2D eigenvalue weighted by molar-refractivity contribution is 5.51. The summed E-state index contributed by atoms with van der Waals surface area (Å²) in [5.74, 6) is 0.781. The molecule has 1 fully saturated rings. The summed E-state index contributed by atoms with van der Waals surface area (Å²) in [5, 5.41) is 0. The minimum atomic E-state index is 0.161. The number of anilines is 1. The van der Waals surface area contributed by atoms with Crippen molar-refractivity contribution < 1.29 is 0 Å². The molecule has 1 aliphatic carbocycles. The molecule has 1 unspecified atom stereocenters. The Bertz CT molecular complexity index is 378. The number of benzene rings is 1. The van der Waals surface area contributed by atoms with Crippen molar-refractivity contribution in [1.29, 1.82) is 0 Å². The molecule has 1 aromatic carbocycles. The van der Waals surface area contributed by atoms with E-state index >= 15 is 0 Å². The van der Waals surface area contributed by atoms with E-state index in [0.717, 1.165) is 18.9 Å². The van der Waals surface area contributed by atoms with E-state index in [1.807, 2.05) is 0 Å². The predicted octanol–water partition coefficient (Wildman–Crippen LogP) is 2.95. The quantitative estimate of drug-likeness (QED) is 0.845. The second kappa shape index (κ2) is 4.69. The van der Waals surface area contributed by atoms with E-state index in [0.29, 0.717) is 0 Å². The number of rotatable bonds is 5. The molecule has 0 aromatic heterocycles. The fraction of sp³-hybridized carbons (Fsp3) is 0.600. The summed E-state index contributed by atoms with van der Waals surface area (Å²) in [7, 11) is 2.20. The molecule has 0 heterocycles. The first-order chi connectivity index (χ1) is 8.14. The molecule has 0 aliphatic heterocycles. The number of hydrogen-bond acceptors (Lipinski definition) is 2. The van der Waals surface area contributed by atoms with Crippen LogP contribution in [0.5, 0.6) is 0 Å². The zero-order chi connectivity index (χ0) is 12.5. The number of aryl methyl sites for hydroxylation is 1. The summed E-state index contributed by atoms with van der Waals surface area (Å²) in [4.78, 5) is 2.41. The van der Waals surface area contributed by atoms with E-state index in [1.165, 1.54) is 24.1 Å². The van der Waals surface area contributed by atoms with Gasteiger partial charge in [0.25, 0.3) is 0 Å². The van der Waals surface area contributed by atoms with E-state index < -0.39 is 0 Å². The minimum Gasteiger partial charge on any atom is -0.367 e. The maximum absolute atomic E-state index is 6.09. The molecule has 2 N–H and O–H groups in total. The van der Waals surface area contributed by atoms with Crippen LogP contribution in [-0.4, -0.2) is 19.1 Å². The third kappa shape index (κ3) is 2.19. The van der Waals surface area contributed by atoms with Gasteiger partial charge in [0.05, 0.1) is 5.54 Å². The molecular formula is C15H24N2. The Morgan fingerprint density at radius 3 is 2.59 bits per heavy atom. The highest BCUT2D eigenvalue weighted by Crippen LogP contribution is 2.45. The molecule has 1 aromatic rings. The van der Waals surface area contributed by atoms with Crippen molar-refractivity contribution in [2.45, 2.75) is 38.6 Å². The molecule has 0 saturated heterocycles. The molecule has 0 bridgehead atoms. The molecule has 2 heteroatoms. The van der Waals surface area contributed by atoms with Crippen molar-refractivity contribution in [3.63, 3.8) is 0 Å². The highest BCUT2D eigenvalue weighted by atomic mass is 15.2. The molecule has 1 aliphatic rings. The van der Waals surface area contributed by atoms with Crippen molar-refractivity contribution in [2.24, 2.45) is 11.7 Å². The molecule has 1 saturated carbocycles. The van der Waals surface area contributed by atoms with E-state index in [1.54, 1.807) is 0 Å². The Kier molecular flexibility index (Phi) is 3.43. The van der Waals surface area contributed by atoms with Gasteiger partial charge in [-0.25, -0.2) is 0 Å². The lowest BCUT2D eigenvalue weighted by atomic mass is 9.87. The van der Waals surface area contributed by atoms with Crippen molar-refractivity contribution >= 4 is 5.69 Å². The lowest BCUT2D eigenvalue weighted by Gasteiger charge is -2.43. The molecule has 0 spiro atoms. The standard InChI is InChI=1S/C15H24N2/c1-4-15(11-16,13-8-9-13)17(3)14-7-5-6-12(2)10-14/h5-7,10,13H,4,8-9,11,16H2,1-3H3. The molecular weight excluding hydrogens is 208 g/mol. The monoisotopic (exact) mass is 232 g/mol. The van der Waals surface area contributed by atoms with Gasteiger partial charge in [0.2, 0.25) is 0 Å². The van der Waals surface area contributed by atoms with Crippen LogP contribution in [0.4, 0.5) is 5.69 Å². The SMILES string of the molecule is CCC(CN)(C1CC1)N(C)c1cccc(C)c1. The predicted molar refractivity (Wildman–Crippen MR) is 74.4 cm³/mol. The van der Waals surface area contributed by atoms with Crippen LogP contribution in [0.2, 0.25) is 0 Å². The number of likely N-dealkylation sites (N-methyl/N-ethyl adjacent to an activating group) is 1. The fourth-order valence-corrected chi connectivity index (χ4v) is 2.96. The van der Waals surface area contributed by atoms with E-state index in [2.05, 4.69) is 50.1 Å². The van der Waals surface area contributed by atoms with Gasteiger partial charge in [-0.15, -0.1) is 0 Å². The summed E-state index contributed by atoms with van der Waals surface area (Å²) in [5.41, 5.74) is 8.86. The van der Waals surface area contributed by atoms with E-state index in [-0.39, 0.29) is 5.54 Å². The number of hydrogen-bond donors (Lipinski definition) is 1. The highest BCUT2D eigenvalue weighted by Gasteiger charge is 2.45. The normalized spacial score (nSPS) is 18.8. The van der Waals surface area contributed by atoms with Crippen LogP contribution < -0.4 is 10.6 Å². The largest absolute Gasteiger partial charge is 0.367 e. The van der Waals surface area contributed by atoms with Crippen LogP contribution in [0, 0.1) is 12.8 Å². The zero-order valence-corrected chi connectivity index (χ0v) is 11.2. The van der Waals surface area contributed by atoms with Gasteiger partial charge < -0.3 is 10.6 Å². The third-order valence-electron chi connectivity index (χ3n) is 4.36. The summed E-state index contributed by atoms with van der Waals surface area (Å²) in [6.45, 7) is 5.15. The van der Waals surface area contributed by atoms with Crippen LogP contribution in [0.25, 0.3) is 0 Å². The van der Waals surface area contributed by atoms with Crippen molar-refractivity contribution in [3.8, 4) is 0 Å². The Morgan fingerprint density at radius 1 is 1.41 bits per heavy atom. The summed E-state index contributed by atoms with van der Waals surface area (Å²) >= 11 is 0. The topological polar surface area (TPSA) is 29.3 Å². The lowest BCUT2D eigenvalue weighted by molar-refractivity contribution is 0.349. The first kappa shape index (κ1) is 12.4. The van der Waals surface area contributed by atoms with Crippen molar-refractivity contribution in [3.05, 3.63) is 29.8 Å². The number of nitrogens with two attached hydrogens (primary N) is 1. The Labute approximate surface area is 105 Å². The molecule has 17 heavy (non-hydrogen) atoms. The maximum Gasteiger partial charge on any atom is 0.0546 e. The van der Waals surface area contributed by atoms with Gasteiger partial charge in [0, 0.05) is 19.3 Å². The second-order valence-electron chi connectivity index (χ2n) is 5.33. The van der Waals surface area contributed by atoms with Crippen LogP contribution >= 0.6 is 0 Å². The molecule has 2 nitrogen and oxygen atoms in total. The van der Waals surface area contributed by atoms with Gasteiger partial charge >= 0.3 is 0 Å². The minimum absolute atomic E-state index is 0.161. The molecule has 2 rings (SSSR count). The summed E-state index contributed by atoms with van der Waals surface area (Å²) < 4.78 is 0. The van der Waals surface area contributed by atoms with Gasteiger partial charge in [0.15, 0.2) is 0 Å². The Hall–Kier alpha value is -1.02. The summed E-state index contributed by atoms with van der Waals surface area (Å²) in [6, 6.07) is 8.72. The Morgan fingerprint density at radius 2 is 2.12 bits per heavy atom. The van der Waals surface area contributed by atoms with E-state index in [4.69, 9.17) is 5.73 Å². The first-order valence-electron chi connectivity index (χ1n) is 6.64. The molecule has 0 radical (unpaired) electrons.